The van der Waals surface area contributed by atoms with E-state index in [1.54, 1.807) is 0 Å². The van der Waals surface area contributed by atoms with Crippen molar-refractivity contribution in [2.75, 3.05) is 7.11 Å². The van der Waals surface area contributed by atoms with Gasteiger partial charge in [-0.25, -0.2) is 4.79 Å². The number of hydrogen-bond donors (Lipinski definition) is 1. The van der Waals surface area contributed by atoms with Crippen LogP contribution in [0.25, 0.3) is 0 Å². The summed E-state index contributed by atoms with van der Waals surface area (Å²) in [4.78, 5) is 23.1. The molecule has 0 saturated carbocycles. The Kier molecular flexibility index (Phi) is 5.65. The number of esters is 2. The van der Waals surface area contributed by atoms with Crippen LogP contribution >= 0.6 is 0 Å². The number of phenolic OH excluding ortho intramolecular Hbond substituents is 1. The predicted molar refractivity (Wildman–Crippen MR) is 90.1 cm³/mol. The average molecular weight is 332 g/mol. The van der Waals surface area contributed by atoms with E-state index in [4.69, 9.17) is 4.74 Å². The zero-order chi connectivity index (χ0) is 17.9. The summed E-state index contributed by atoms with van der Waals surface area (Å²) in [5.74, 6) is -0.663. The number of benzene rings is 1. The molecule has 1 N–H and O–H groups in total. The number of rotatable bonds is 6. The molecule has 24 heavy (non-hydrogen) atoms. The number of aromatic hydroxyl groups is 1. The molecule has 0 saturated heterocycles. The summed E-state index contributed by atoms with van der Waals surface area (Å²) in [7, 11) is 1.37. The Morgan fingerprint density at radius 1 is 1.33 bits per heavy atom. The molecule has 0 aliphatic carbocycles. The fraction of sp³-hybridized carbons (Fsp3) is 0.474. The van der Waals surface area contributed by atoms with Gasteiger partial charge in [-0.1, -0.05) is 18.6 Å². The molecular weight excluding hydrogens is 308 g/mol. The molecule has 1 aliphatic heterocycles. The second kappa shape index (κ2) is 7.51. The molecule has 0 amide bonds. The molecule has 1 aromatic carbocycles. The van der Waals surface area contributed by atoms with E-state index >= 15 is 0 Å². The summed E-state index contributed by atoms with van der Waals surface area (Å²) in [6, 6.07) is 0. The SMILES string of the molecule is CCc1c(C)c2c(c(O)c1CC=C(C)CCC(=O)OC)C(=O)OC2. The van der Waals surface area contributed by atoms with Gasteiger partial charge in [0.2, 0.25) is 0 Å². The number of allylic oxidation sites excluding steroid dienone is 2. The summed E-state index contributed by atoms with van der Waals surface area (Å²) >= 11 is 0. The highest BCUT2D eigenvalue weighted by molar-refractivity contribution is 5.97. The van der Waals surface area contributed by atoms with Crippen LogP contribution in [-0.4, -0.2) is 24.2 Å². The van der Waals surface area contributed by atoms with Crippen LogP contribution in [0.15, 0.2) is 11.6 Å². The third-order valence-electron chi connectivity index (χ3n) is 4.61. The Bertz CT molecular complexity index is 700. The molecule has 0 bridgehead atoms. The topological polar surface area (TPSA) is 72.8 Å². The molecule has 0 unspecified atom stereocenters. The van der Waals surface area contributed by atoms with Gasteiger partial charge in [0.25, 0.3) is 0 Å². The van der Waals surface area contributed by atoms with Crippen molar-refractivity contribution in [3.05, 3.63) is 39.5 Å². The number of carbonyl (C=O) groups is 2. The maximum Gasteiger partial charge on any atom is 0.342 e. The van der Waals surface area contributed by atoms with Gasteiger partial charge in [0.15, 0.2) is 0 Å². The highest BCUT2D eigenvalue weighted by atomic mass is 16.5. The summed E-state index contributed by atoms with van der Waals surface area (Å²) in [5.41, 5.74) is 4.99. The van der Waals surface area contributed by atoms with E-state index in [9.17, 15) is 14.7 Å². The molecule has 2 rings (SSSR count). The molecule has 5 nitrogen and oxygen atoms in total. The molecule has 0 aromatic heterocycles. The number of carbonyl (C=O) groups excluding carboxylic acids is 2. The Labute approximate surface area is 142 Å². The van der Waals surface area contributed by atoms with Crippen LogP contribution in [0.5, 0.6) is 5.75 Å². The van der Waals surface area contributed by atoms with Crippen molar-refractivity contribution in [1.82, 2.24) is 0 Å². The van der Waals surface area contributed by atoms with Crippen molar-refractivity contribution in [3.8, 4) is 5.75 Å². The number of ether oxygens (including phenoxy) is 2. The van der Waals surface area contributed by atoms with Gasteiger partial charge in [0.1, 0.15) is 17.9 Å². The summed E-state index contributed by atoms with van der Waals surface area (Å²) < 4.78 is 9.72. The molecule has 0 spiro atoms. The van der Waals surface area contributed by atoms with Crippen molar-refractivity contribution in [2.45, 2.75) is 53.1 Å². The zero-order valence-corrected chi connectivity index (χ0v) is 14.7. The molecule has 130 valence electrons. The van der Waals surface area contributed by atoms with Gasteiger partial charge >= 0.3 is 11.9 Å². The Balaban J connectivity index is 2.30. The van der Waals surface area contributed by atoms with Gasteiger partial charge in [-0.05, 0) is 44.2 Å². The van der Waals surface area contributed by atoms with E-state index in [0.29, 0.717) is 24.8 Å². The molecular formula is C19H24O5. The smallest absolute Gasteiger partial charge is 0.342 e. The van der Waals surface area contributed by atoms with Crippen LogP contribution in [0.3, 0.4) is 0 Å². The standard InChI is InChI=1S/C19H24O5/c1-5-13-12(3)15-10-24-19(22)17(15)18(21)14(13)8-6-11(2)7-9-16(20)23-4/h6,21H,5,7-10H2,1-4H3. The third kappa shape index (κ3) is 3.45. The summed E-state index contributed by atoms with van der Waals surface area (Å²) in [6.45, 7) is 6.18. The lowest BCUT2D eigenvalue weighted by atomic mass is 9.89. The van der Waals surface area contributed by atoms with Crippen molar-refractivity contribution in [3.63, 3.8) is 0 Å². The molecule has 1 aliphatic rings. The first-order valence-corrected chi connectivity index (χ1v) is 8.16. The van der Waals surface area contributed by atoms with Gasteiger partial charge in [-0.2, -0.15) is 0 Å². The monoisotopic (exact) mass is 332 g/mol. The summed E-state index contributed by atoms with van der Waals surface area (Å²) in [5, 5.41) is 10.6. The van der Waals surface area contributed by atoms with E-state index in [2.05, 4.69) is 4.74 Å². The first-order chi connectivity index (χ1) is 11.4. The van der Waals surface area contributed by atoms with Crippen molar-refractivity contribution in [1.29, 1.82) is 0 Å². The largest absolute Gasteiger partial charge is 0.507 e. The number of cyclic esters (lactones) is 1. The number of hydrogen-bond acceptors (Lipinski definition) is 5. The van der Waals surface area contributed by atoms with E-state index in [1.807, 2.05) is 26.8 Å². The van der Waals surface area contributed by atoms with Gasteiger partial charge in [-0.15, -0.1) is 0 Å². The molecule has 5 heteroatoms. The highest BCUT2D eigenvalue weighted by Gasteiger charge is 2.30. The average Bonchev–Trinajstić information content (AvgIpc) is 2.96. The lowest BCUT2D eigenvalue weighted by Crippen LogP contribution is -2.04. The van der Waals surface area contributed by atoms with Gasteiger partial charge < -0.3 is 14.6 Å². The predicted octanol–water partition coefficient (Wildman–Crippen LogP) is 3.38. The van der Waals surface area contributed by atoms with Crippen LogP contribution in [-0.2, 0) is 33.7 Å². The Morgan fingerprint density at radius 2 is 2.04 bits per heavy atom. The number of fused-ring (bicyclic) bond motifs is 1. The van der Waals surface area contributed by atoms with Crippen LogP contribution in [0.4, 0.5) is 0 Å². The van der Waals surface area contributed by atoms with Crippen LogP contribution < -0.4 is 0 Å². The van der Waals surface area contributed by atoms with Gasteiger partial charge in [-0.3, -0.25) is 4.79 Å². The molecule has 0 atom stereocenters. The Morgan fingerprint density at radius 3 is 2.67 bits per heavy atom. The maximum atomic E-state index is 11.9. The highest BCUT2D eigenvalue weighted by Crippen LogP contribution is 2.38. The van der Waals surface area contributed by atoms with Crippen molar-refractivity contribution in [2.24, 2.45) is 0 Å². The first kappa shape index (κ1) is 18.0. The van der Waals surface area contributed by atoms with E-state index in [-0.39, 0.29) is 18.3 Å². The maximum absolute atomic E-state index is 11.9. The van der Waals surface area contributed by atoms with E-state index < -0.39 is 5.97 Å². The van der Waals surface area contributed by atoms with Crippen molar-refractivity contribution >= 4 is 11.9 Å². The lowest BCUT2D eigenvalue weighted by molar-refractivity contribution is -0.140. The second-order valence-corrected chi connectivity index (χ2v) is 6.04. The zero-order valence-electron chi connectivity index (χ0n) is 14.7. The lowest BCUT2D eigenvalue weighted by Gasteiger charge is -2.16. The molecule has 1 heterocycles. The Hall–Kier alpha value is -2.30. The van der Waals surface area contributed by atoms with E-state index in [0.717, 1.165) is 34.2 Å². The molecule has 0 fully saturated rings. The second-order valence-electron chi connectivity index (χ2n) is 6.04. The minimum Gasteiger partial charge on any atom is -0.507 e. The number of phenols is 1. The van der Waals surface area contributed by atoms with Crippen LogP contribution in [0, 0.1) is 6.92 Å². The molecule has 0 radical (unpaired) electrons. The minimum absolute atomic E-state index is 0.0342. The van der Waals surface area contributed by atoms with Crippen LogP contribution in [0.1, 0.15) is 59.3 Å². The van der Waals surface area contributed by atoms with Gasteiger partial charge in [0, 0.05) is 17.5 Å². The number of methoxy groups -OCH3 is 1. The van der Waals surface area contributed by atoms with Crippen molar-refractivity contribution < 1.29 is 24.2 Å². The summed E-state index contributed by atoms with van der Waals surface area (Å²) in [6.07, 6.45) is 4.22. The fourth-order valence-electron chi connectivity index (χ4n) is 3.12. The fourth-order valence-corrected chi connectivity index (χ4v) is 3.12. The van der Waals surface area contributed by atoms with Gasteiger partial charge in [0.05, 0.1) is 7.11 Å². The normalized spacial score (nSPS) is 13.7. The first-order valence-electron chi connectivity index (χ1n) is 8.16. The van der Waals surface area contributed by atoms with E-state index in [1.165, 1.54) is 7.11 Å². The quantitative estimate of drug-likeness (QED) is 0.638. The molecule has 1 aromatic rings. The van der Waals surface area contributed by atoms with Crippen LogP contribution in [0.2, 0.25) is 0 Å². The minimum atomic E-state index is -0.458. The third-order valence-corrected chi connectivity index (χ3v) is 4.61.